The number of nitrogens with one attached hydrogen (secondary N) is 1. The van der Waals surface area contributed by atoms with E-state index in [0.29, 0.717) is 6.61 Å². The minimum atomic E-state index is -3.31. The first-order valence-electron chi connectivity index (χ1n) is 7.53. The van der Waals surface area contributed by atoms with E-state index in [4.69, 9.17) is 4.74 Å². The zero-order chi connectivity index (χ0) is 15.7. The maximum atomic E-state index is 11.6. The lowest BCUT2D eigenvalue weighted by atomic mass is 10.1. The van der Waals surface area contributed by atoms with Crippen LogP contribution in [0.3, 0.4) is 0 Å². The second-order valence-corrected chi connectivity index (χ2v) is 8.33. The van der Waals surface area contributed by atoms with E-state index in [9.17, 15) is 13.2 Å². The molecule has 22 heavy (non-hydrogen) atoms. The van der Waals surface area contributed by atoms with Gasteiger partial charge in [0.25, 0.3) is 0 Å². The van der Waals surface area contributed by atoms with Crippen molar-refractivity contribution in [1.82, 2.24) is 15.1 Å². The minimum absolute atomic E-state index is 0.252. The molecule has 0 radical (unpaired) electrons. The number of carbonyl (C=O) groups is 1. The van der Waals surface area contributed by atoms with Gasteiger partial charge in [-0.2, -0.15) is 5.10 Å². The number of fused-ring (bicyclic) bond motifs is 1. The first-order chi connectivity index (χ1) is 10.4. The molecule has 8 heteroatoms. The van der Waals surface area contributed by atoms with Crippen LogP contribution in [0.2, 0.25) is 0 Å². The highest BCUT2D eigenvalue weighted by Gasteiger charge is 2.27. The predicted molar refractivity (Wildman–Crippen MR) is 80.1 cm³/mol. The highest BCUT2D eigenvalue weighted by Crippen LogP contribution is 2.32. The molecule has 1 atom stereocenters. The topological polar surface area (TPSA) is 90.3 Å². The lowest BCUT2D eigenvalue weighted by molar-refractivity contribution is -0.119. The molecule has 1 saturated carbocycles. The van der Waals surface area contributed by atoms with Gasteiger partial charge in [0.05, 0.1) is 12.3 Å². The summed E-state index contributed by atoms with van der Waals surface area (Å²) in [6, 6.07) is 0. The molecule has 0 saturated heterocycles. The fraction of sp³-hybridized carbons (Fsp3) is 0.714. The molecular formula is C14H21N3O4S. The fourth-order valence-electron chi connectivity index (χ4n) is 2.64. The van der Waals surface area contributed by atoms with Crippen molar-refractivity contribution in [1.29, 1.82) is 0 Å². The van der Waals surface area contributed by atoms with E-state index in [1.54, 1.807) is 0 Å². The van der Waals surface area contributed by atoms with Crippen molar-refractivity contribution < 1.29 is 17.9 Å². The molecule has 1 amide bonds. The molecule has 2 aliphatic rings. The smallest absolute Gasteiger partial charge is 0.235 e. The second-order valence-electron chi connectivity index (χ2n) is 6.19. The Morgan fingerprint density at radius 3 is 2.95 bits per heavy atom. The van der Waals surface area contributed by atoms with Crippen LogP contribution in [0.4, 0.5) is 0 Å². The van der Waals surface area contributed by atoms with Crippen molar-refractivity contribution in [3.63, 3.8) is 0 Å². The Morgan fingerprint density at radius 1 is 1.50 bits per heavy atom. The third-order valence-corrected chi connectivity index (χ3v) is 4.67. The molecule has 1 aromatic rings. The molecule has 122 valence electrons. The van der Waals surface area contributed by atoms with E-state index in [2.05, 4.69) is 16.6 Å². The molecule has 1 fully saturated rings. The normalized spacial score (nSPS) is 21.4. The number of carbonyl (C=O) groups excluding carboxylic acids is 1. The number of sulfone groups is 1. The van der Waals surface area contributed by atoms with Gasteiger partial charge in [-0.25, -0.2) is 8.42 Å². The van der Waals surface area contributed by atoms with Gasteiger partial charge in [-0.3, -0.25) is 9.48 Å². The van der Waals surface area contributed by atoms with Crippen LogP contribution in [0.15, 0.2) is 6.20 Å². The summed E-state index contributed by atoms with van der Waals surface area (Å²) in [6.45, 7) is 1.79. The minimum Gasteiger partial charge on any atom is -0.370 e. The summed E-state index contributed by atoms with van der Waals surface area (Å²) in [5, 5.41) is 7.21. The monoisotopic (exact) mass is 327 g/mol. The van der Waals surface area contributed by atoms with Gasteiger partial charge in [0.2, 0.25) is 5.91 Å². The quantitative estimate of drug-likeness (QED) is 0.798. The van der Waals surface area contributed by atoms with Gasteiger partial charge in [0.15, 0.2) is 9.84 Å². The van der Waals surface area contributed by atoms with Gasteiger partial charge in [-0.15, -0.1) is 0 Å². The van der Waals surface area contributed by atoms with Crippen molar-refractivity contribution in [3.05, 3.63) is 17.5 Å². The number of nitrogens with zero attached hydrogens (tertiary/aromatic N) is 2. The highest BCUT2D eigenvalue weighted by molar-refractivity contribution is 7.91. The van der Waals surface area contributed by atoms with Crippen LogP contribution in [-0.2, 0) is 32.3 Å². The van der Waals surface area contributed by atoms with Gasteiger partial charge in [0, 0.05) is 25.5 Å². The van der Waals surface area contributed by atoms with Gasteiger partial charge in [-0.05, 0) is 30.7 Å². The van der Waals surface area contributed by atoms with Crippen molar-refractivity contribution in [2.75, 3.05) is 25.2 Å². The van der Waals surface area contributed by atoms with Crippen molar-refractivity contribution in [3.8, 4) is 0 Å². The summed E-state index contributed by atoms with van der Waals surface area (Å²) in [6.07, 6.45) is 6.18. The van der Waals surface area contributed by atoms with Gasteiger partial charge in [-0.1, -0.05) is 0 Å². The predicted octanol–water partition coefficient (Wildman–Crippen LogP) is 0.0677. The number of hydrogen-bond acceptors (Lipinski definition) is 5. The van der Waals surface area contributed by atoms with E-state index < -0.39 is 21.5 Å². The summed E-state index contributed by atoms with van der Waals surface area (Å²) in [5.41, 5.74) is 2.03. The molecule has 1 aliphatic heterocycles. The number of amides is 1. The molecule has 0 bridgehead atoms. The highest BCUT2D eigenvalue weighted by atomic mass is 32.2. The number of aromatic nitrogens is 2. The summed E-state index contributed by atoms with van der Waals surface area (Å²) in [4.78, 5) is 11.6. The molecule has 0 unspecified atom stereocenters. The third kappa shape index (κ3) is 4.07. The Hall–Kier alpha value is -1.41. The number of ether oxygens (including phenoxy) is 1. The van der Waals surface area contributed by atoms with Crippen LogP contribution in [0.1, 0.15) is 30.2 Å². The van der Waals surface area contributed by atoms with Gasteiger partial charge < -0.3 is 10.1 Å². The van der Waals surface area contributed by atoms with Gasteiger partial charge in [0.1, 0.15) is 11.9 Å². The Kier molecular flexibility index (Phi) is 4.22. The lowest BCUT2D eigenvalue weighted by Crippen LogP contribution is -2.35. The Labute approximate surface area is 129 Å². The first-order valence-corrected chi connectivity index (χ1v) is 9.59. The summed E-state index contributed by atoms with van der Waals surface area (Å²) in [7, 11) is -3.31. The second kappa shape index (κ2) is 6.00. The fourth-order valence-corrected chi connectivity index (χ4v) is 3.22. The Morgan fingerprint density at radius 2 is 2.27 bits per heavy atom. The molecule has 0 aromatic carbocycles. The van der Waals surface area contributed by atoms with E-state index in [-0.39, 0.29) is 12.6 Å². The SMILES string of the molecule is CS(=O)(=O)CC(=O)NC[C@H]1OCCc2cn(CC3CC3)nc21. The lowest BCUT2D eigenvalue weighted by Gasteiger charge is -2.22. The van der Waals surface area contributed by atoms with Crippen LogP contribution >= 0.6 is 0 Å². The van der Waals surface area contributed by atoms with Crippen molar-refractivity contribution >= 4 is 15.7 Å². The zero-order valence-electron chi connectivity index (χ0n) is 12.6. The Bertz CT molecular complexity index is 664. The summed E-state index contributed by atoms with van der Waals surface area (Å²) in [5.74, 6) is -0.256. The van der Waals surface area contributed by atoms with Crippen LogP contribution in [0.5, 0.6) is 0 Å². The van der Waals surface area contributed by atoms with E-state index in [1.165, 1.54) is 12.8 Å². The van der Waals surface area contributed by atoms with Crippen LogP contribution in [0, 0.1) is 5.92 Å². The van der Waals surface area contributed by atoms with Crippen molar-refractivity contribution in [2.45, 2.75) is 31.9 Å². The van der Waals surface area contributed by atoms with E-state index >= 15 is 0 Å². The molecule has 2 heterocycles. The third-order valence-electron chi connectivity index (χ3n) is 3.89. The maximum absolute atomic E-state index is 11.6. The maximum Gasteiger partial charge on any atom is 0.235 e. The number of hydrogen-bond donors (Lipinski definition) is 1. The average Bonchev–Trinajstić information content (AvgIpc) is 3.11. The average molecular weight is 327 g/mol. The first kappa shape index (κ1) is 15.5. The summed E-state index contributed by atoms with van der Waals surface area (Å²) >= 11 is 0. The standard InChI is InChI=1S/C14H21N3O4S/c1-22(19,20)9-13(18)15-6-12-14-11(4-5-21-12)8-17(16-14)7-10-2-3-10/h8,10,12H,2-7,9H2,1H3,(H,15,18)/t12-/m1/s1. The molecule has 1 N–H and O–H groups in total. The molecule has 0 spiro atoms. The number of rotatable bonds is 6. The van der Waals surface area contributed by atoms with Crippen LogP contribution in [0.25, 0.3) is 0 Å². The molecule has 7 nitrogen and oxygen atoms in total. The molecular weight excluding hydrogens is 306 g/mol. The van der Waals surface area contributed by atoms with Gasteiger partial charge >= 0.3 is 0 Å². The molecule has 1 aromatic heterocycles. The van der Waals surface area contributed by atoms with E-state index in [0.717, 1.165) is 36.4 Å². The van der Waals surface area contributed by atoms with E-state index in [1.807, 2.05) is 4.68 Å². The summed E-state index contributed by atoms with van der Waals surface area (Å²) < 4.78 is 29.8. The Balaban J connectivity index is 1.61. The molecule has 3 rings (SSSR count). The van der Waals surface area contributed by atoms with Crippen molar-refractivity contribution in [2.24, 2.45) is 5.92 Å². The molecule has 1 aliphatic carbocycles. The largest absolute Gasteiger partial charge is 0.370 e. The van der Waals surface area contributed by atoms with Crippen LogP contribution < -0.4 is 5.32 Å². The zero-order valence-corrected chi connectivity index (χ0v) is 13.4. The van der Waals surface area contributed by atoms with Crippen LogP contribution in [-0.4, -0.2) is 49.3 Å².